The molecule has 1 aliphatic rings. The molecule has 0 radical (unpaired) electrons. The van der Waals surface area contributed by atoms with Crippen molar-refractivity contribution in [2.75, 3.05) is 13.7 Å². The van der Waals surface area contributed by atoms with Crippen molar-refractivity contribution >= 4 is 6.08 Å². The summed E-state index contributed by atoms with van der Waals surface area (Å²) in [4.78, 5) is 0. The number of phenolic OH excluding ortho intramolecular Hbond substituents is 2. The van der Waals surface area contributed by atoms with E-state index >= 15 is 0 Å². The van der Waals surface area contributed by atoms with Gasteiger partial charge >= 0.3 is 0 Å². The normalized spacial score (nSPS) is 20.3. The molecule has 2 N–H and O–H groups in total. The van der Waals surface area contributed by atoms with Crippen LogP contribution in [0.15, 0.2) is 48.5 Å². The van der Waals surface area contributed by atoms with Crippen molar-refractivity contribution in [2.24, 2.45) is 0 Å². The third kappa shape index (κ3) is 4.18. The minimum atomic E-state index is -0.629. The Morgan fingerprint density at radius 1 is 1.15 bits per heavy atom. The van der Waals surface area contributed by atoms with Gasteiger partial charge in [-0.25, -0.2) is 0 Å². The number of phenols is 2. The van der Waals surface area contributed by atoms with Gasteiger partial charge in [0.05, 0.1) is 19.8 Å². The van der Waals surface area contributed by atoms with Crippen LogP contribution >= 0.6 is 0 Å². The van der Waals surface area contributed by atoms with E-state index < -0.39 is 5.79 Å². The largest absolute Gasteiger partial charge is 0.508 e. The number of benzene rings is 2. The lowest BCUT2D eigenvalue weighted by molar-refractivity contribution is -0.139. The molecule has 1 saturated heterocycles. The number of hydrogen-bond acceptors (Lipinski definition) is 5. The minimum Gasteiger partial charge on any atom is -0.508 e. The first-order valence-electron chi connectivity index (χ1n) is 8.54. The molecule has 138 valence electrons. The molecule has 26 heavy (non-hydrogen) atoms. The fourth-order valence-corrected chi connectivity index (χ4v) is 3.04. The van der Waals surface area contributed by atoms with E-state index in [4.69, 9.17) is 14.2 Å². The van der Waals surface area contributed by atoms with Crippen LogP contribution in [0.2, 0.25) is 0 Å². The molecule has 1 aliphatic heterocycles. The zero-order valence-corrected chi connectivity index (χ0v) is 15.2. The predicted molar refractivity (Wildman–Crippen MR) is 99.4 cm³/mol. The zero-order chi connectivity index (χ0) is 18.7. The summed E-state index contributed by atoms with van der Waals surface area (Å²) >= 11 is 0. The van der Waals surface area contributed by atoms with Gasteiger partial charge in [0, 0.05) is 5.92 Å². The molecule has 1 unspecified atom stereocenters. The number of aromatic hydroxyl groups is 2. The van der Waals surface area contributed by atoms with Gasteiger partial charge in [-0.15, -0.1) is 0 Å². The molecular formula is C21H24O5. The predicted octanol–water partition coefficient (Wildman–Crippen LogP) is 4.05. The second-order valence-corrected chi connectivity index (χ2v) is 6.77. The van der Waals surface area contributed by atoms with Gasteiger partial charge in [-0.2, -0.15) is 0 Å². The minimum absolute atomic E-state index is 0.0833. The van der Waals surface area contributed by atoms with E-state index in [9.17, 15) is 10.2 Å². The summed E-state index contributed by atoms with van der Waals surface area (Å²) < 4.78 is 17.0. The number of rotatable bonds is 5. The van der Waals surface area contributed by atoms with E-state index in [0.717, 1.165) is 11.1 Å². The topological polar surface area (TPSA) is 68.2 Å². The zero-order valence-electron chi connectivity index (χ0n) is 15.2. The first-order valence-corrected chi connectivity index (χ1v) is 8.54. The Bertz CT molecular complexity index is 779. The van der Waals surface area contributed by atoms with Crippen LogP contribution in [0.4, 0.5) is 0 Å². The molecule has 2 aromatic rings. The van der Waals surface area contributed by atoms with E-state index in [0.29, 0.717) is 12.4 Å². The van der Waals surface area contributed by atoms with Crippen LogP contribution in [0.25, 0.3) is 6.08 Å². The average Bonchev–Trinajstić information content (AvgIpc) is 2.97. The lowest BCUT2D eigenvalue weighted by Crippen LogP contribution is -2.24. The first kappa shape index (κ1) is 18.3. The molecule has 1 fully saturated rings. The highest BCUT2D eigenvalue weighted by molar-refractivity contribution is 5.53. The molecule has 0 amide bonds. The smallest absolute Gasteiger partial charge is 0.163 e. The van der Waals surface area contributed by atoms with Gasteiger partial charge in [-0.3, -0.25) is 0 Å². The summed E-state index contributed by atoms with van der Waals surface area (Å²) in [5, 5.41) is 19.3. The van der Waals surface area contributed by atoms with E-state index in [1.165, 1.54) is 7.11 Å². The number of hydrogen-bond donors (Lipinski definition) is 2. The fourth-order valence-electron chi connectivity index (χ4n) is 3.04. The summed E-state index contributed by atoms with van der Waals surface area (Å²) in [5.41, 5.74) is 1.93. The Morgan fingerprint density at radius 2 is 1.88 bits per heavy atom. The molecule has 2 atom stereocenters. The second-order valence-electron chi connectivity index (χ2n) is 6.77. The van der Waals surface area contributed by atoms with Crippen LogP contribution in [-0.4, -0.2) is 35.8 Å². The Kier molecular flexibility index (Phi) is 5.20. The van der Waals surface area contributed by atoms with E-state index in [1.54, 1.807) is 18.2 Å². The maximum absolute atomic E-state index is 9.88. The van der Waals surface area contributed by atoms with Crippen molar-refractivity contribution in [1.82, 2.24) is 0 Å². The Hall–Kier alpha value is -2.50. The Morgan fingerprint density at radius 3 is 2.50 bits per heavy atom. The molecule has 3 rings (SSSR count). The van der Waals surface area contributed by atoms with Crippen molar-refractivity contribution in [3.8, 4) is 17.2 Å². The van der Waals surface area contributed by atoms with E-state index in [-0.39, 0.29) is 23.5 Å². The van der Waals surface area contributed by atoms with Crippen molar-refractivity contribution in [2.45, 2.75) is 31.7 Å². The SMILES string of the molecule is COc1cc([C@H](C=Cc2ccc(O)cc2)C2COC(C)(C)O2)ccc1O. The lowest BCUT2D eigenvalue weighted by Gasteiger charge is -2.23. The number of ether oxygens (including phenoxy) is 3. The van der Waals surface area contributed by atoms with Gasteiger partial charge < -0.3 is 24.4 Å². The van der Waals surface area contributed by atoms with E-state index in [2.05, 4.69) is 0 Å². The highest BCUT2D eigenvalue weighted by Crippen LogP contribution is 2.37. The molecule has 0 bridgehead atoms. The molecule has 2 aromatic carbocycles. The standard InChI is InChI=1S/C21H24O5/c1-21(2)25-13-20(26-21)17(10-6-14-4-8-16(22)9-5-14)15-7-11-18(23)19(12-15)24-3/h4-12,17,20,22-23H,13H2,1-3H3/t17-,20?/m0/s1. The van der Waals surface area contributed by atoms with Gasteiger partial charge in [0.1, 0.15) is 5.75 Å². The summed E-state index contributed by atoms with van der Waals surface area (Å²) in [6.07, 6.45) is 3.87. The van der Waals surface area contributed by atoms with Gasteiger partial charge in [0.15, 0.2) is 17.3 Å². The summed E-state index contributed by atoms with van der Waals surface area (Å²) in [5.74, 6) is 0.0394. The summed E-state index contributed by atoms with van der Waals surface area (Å²) in [6.45, 7) is 4.26. The summed E-state index contributed by atoms with van der Waals surface area (Å²) in [6, 6.07) is 12.3. The van der Waals surface area contributed by atoms with Crippen molar-refractivity contribution in [3.05, 3.63) is 59.7 Å². The third-order valence-electron chi connectivity index (χ3n) is 4.41. The first-order chi connectivity index (χ1) is 12.4. The maximum Gasteiger partial charge on any atom is 0.163 e. The highest BCUT2D eigenvalue weighted by Gasteiger charge is 2.37. The molecule has 0 aliphatic carbocycles. The van der Waals surface area contributed by atoms with Crippen molar-refractivity contribution in [1.29, 1.82) is 0 Å². The van der Waals surface area contributed by atoms with Gasteiger partial charge in [0.25, 0.3) is 0 Å². The Balaban J connectivity index is 1.92. The average molecular weight is 356 g/mol. The molecule has 1 heterocycles. The van der Waals surface area contributed by atoms with Crippen LogP contribution in [0, 0.1) is 0 Å². The summed E-state index contributed by atoms with van der Waals surface area (Å²) in [7, 11) is 1.53. The monoisotopic (exact) mass is 356 g/mol. The molecule has 5 nitrogen and oxygen atoms in total. The highest BCUT2D eigenvalue weighted by atomic mass is 16.7. The van der Waals surface area contributed by atoms with Crippen LogP contribution in [0.3, 0.4) is 0 Å². The molecule has 0 saturated carbocycles. The van der Waals surface area contributed by atoms with Crippen LogP contribution < -0.4 is 4.74 Å². The molecule has 0 spiro atoms. The van der Waals surface area contributed by atoms with Gasteiger partial charge in [0.2, 0.25) is 0 Å². The lowest BCUT2D eigenvalue weighted by atomic mass is 9.92. The molecule has 5 heteroatoms. The van der Waals surface area contributed by atoms with Gasteiger partial charge in [-0.1, -0.05) is 30.4 Å². The fraction of sp³-hybridized carbons (Fsp3) is 0.333. The van der Waals surface area contributed by atoms with Crippen LogP contribution in [0.1, 0.15) is 30.9 Å². The molecule has 0 aromatic heterocycles. The second kappa shape index (κ2) is 7.40. The Labute approximate surface area is 153 Å². The third-order valence-corrected chi connectivity index (χ3v) is 4.41. The van der Waals surface area contributed by atoms with Crippen LogP contribution in [0.5, 0.6) is 17.2 Å². The number of methoxy groups -OCH3 is 1. The van der Waals surface area contributed by atoms with E-state index in [1.807, 2.05) is 50.3 Å². The van der Waals surface area contributed by atoms with Gasteiger partial charge in [-0.05, 0) is 49.2 Å². The van der Waals surface area contributed by atoms with Crippen LogP contribution in [-0.2, 0) is 9.47 Å². The molecular weight excluding hydrogens is 332 g/mol. The maximum atomic E-state index is 9.88. The van der Waals surface area contributed by atoms with Crippen molar-refractivity contribution < 1.29 is 24.4 Å². The quantitative estimate of drug-likeness (QED) is 0.846. The van der Waals surface area contributed by atoms with Crippen molar-refractivity contribution in [3.63, 3.8) is 0 Å².